The van der Waals surface area contributed by atoms with Gasteiger partial charge in [-0.3, -0.25) is 0 Å². The summed E-state index contributed by atoms with van der Waals surface area (Å²) in [4.78, 5) is 8.56. The van der Waals surface area contributed by atoms with Crippen LogP contribution in [0.25, 0.3) is 11.1 Å². The lowest BCUT2D eigenvalue weighted by Gasteiger charge is -2.30. The molecule has 0 bridgehead atoms. The minimum absolute atomic E-state index is 0.192. The molecule has 1 fully saturated rings. The normalized spacial score (nSPS) is 15.2. The lowest BCUT2D eigenvalue weighted by molar-refractivity contribution is 0.284. The van der Waals surface area contributed by atoms with Gasteiger partial charge < -0.3 is 15.8 Å². The highest BCUT2D eigenvalue weighted by Gasteiger charge is 2.26. The summed E-state index contributed by atoms with van der Waals surface area (Å²) in [6.07, 6.45) is 3.24. The zero-order valence-corrected chi connectivity index (χ0v) is 19.0. The van der Waals surface area contributed by atoms with Crippen molar-refractivity contribution >= 4 is 21.8 Å². The van der Waals surface area contributed by atoms with E-state index < -0.39 is 10.0 Å². The summed E-state index contributed by atoms with van der Waals surface area (Å²) in [5.74, 6) is 2.68. The molecule has 3 aromatic rings. The van der Waals surface area contributed by atoms with Crippen molar-refractivity contribution in [3.05, 3.63) is 72.8 Å². The third kappa shape index (κ3) is 5.68. The van der Waals surface area contributed by atoms with Crippen molar-refractivity contribution < 1.29 is 13.2 Å². The van der Waals surface area contributed by atoms with Gasteiger partial charge in [0.15, 0.2) is 0 Å². The summed E-state index contributed by atoms with van der Waals surface area (Å²) < 4.78 is 31.3. The molecule has 1 aliphatic heterocycles. The molecule has 1 aliphatic rings. The van der Waals surface area contributed by atoms with Crippen LogP contribution in [-0.4, -0.2) is 42.3 Å². The van der Waals surface area contributed by atoms with Crippen LogP contribution in [0, 0.1) is 5.92 Å². The highest BCUT2D eigenvalue weighted by molar-refractivity contribution is 7.92. The van der Waals surface area contributed by atoms with E-state index in [9.17, 15) is 8.42 Å². The number of hydrogen-bond acceptors (Lipinski definition) is 7. The molecule has 2 heterocycles. The fourth-order valence-corrected chi connectivity index (χ4v) is 4.71. The van der Waals surface area contributed by atoms with Gasteiger partial charge in [0.2, 0.25) is 16.0 Å². The Morgan fingerprint density at radius 1 is 1.09 bits per heavy atom. The van der Waals surface area contributed by atoms with E-state index in [1.807, 2.05) is 54.6 Å². The van der Waals surface area contributed by atoms with E-state index in [0.717, 1.165) is 40.9 Å². The molecule has 1 saturated heterocycles. The minimum Gasteiger partial charge on any atom is -0.457 e. The number of nitrogens with zero attached hydrogens (tertiary/aromatic N) is 3. The molecule has 9 heteroatoms. The van der Waals surface area contributed by atoms with Crippen molar-refractivity contribution in [2.24, 2.45) is 5.92 Å². The van der Waals surface area contributed by atoms with Crippen LogP contribution in [0.15, 0.2) is 72.8 Å². The fraction of sp³-hybridized carbons (Fsp3) is 0.250. The summed E-state index contributed by atoms with van der Waals surface area (Å²) in [6, 6.07) is 17.3. The second kappa shape index (κ2) is 10.0. The first-order chi connectivity index (χ1) is 15.9. The maximum Gasteiger partial charge on any atom is 0.235 e. The number of aromatic nitrogens is 2. The number of nitrogen functional groups attached to an aromatic ring is 1. The molecule has 172 valence electrons. The smallest absolute Gasteiger partial charge is 0.235 e. The third-order valence-corrected chi connectivity index (χ3v) is 7.16. The third-order valence-electron chi connectivity index (χ3n) is 5.65. The van der Waals surface area contributed by atoms with Gasteiger partial charge in [0, 0.05) is 36.8 Å². The number of para-hydroxylation sites is 1. The van der Waals surface area contributed by atoms with Gasteiger partial charge >= 0.3 is 0 Å². The Hall–Kier alpha value is -3.43. The number of piperidine rings is 1. The van der Waals surface area contributed by atoms with Gasteiger partial charge in [-0.25, -0.2) is 13.4 Å². The highest BCUT2D eigenvalue weighted by Crippen LogP contribution is 2.30. The number of sulfonamides is 1. The van der Waals surface area contributed by atoms with Crippen LogP contribution in [0.5, 0.6) is 11.5 Å². The van der Waals surface area contributed by atoms with E-state index in [1.54, 1.807) is 6.20 Å². The molecule has 8 nitrogen and oxygen atoms in total. The van der Waals surface area contributed by atoms with E-state index in [2.05, 4.69) is 21.9 Å². The van der Waals surface area contributed by atoms with E-state index in [-0.39, 0.29) is 5.95 Å². The van der Waals surface area contributed by atoms with Gasteiger partial charge in [-0.2, -0.15) is 9.29 Å². The van der Waals surface area contributed by atoms with Crippen LogP contribution in [0.1, 0.15) is 12.8 Å². The second-order valence-electron chi connectivity index (χ2n) is 7.86. The topological polar surface area (TPSA) is 110 Å². The average molecular weight is 466 g/mol. The van der Waals surface area contributed by atoms with Crippen molar-refractivity contribution in [1.29, 1.82) is 0 Å². The Kier molecular flexibility index (Phi) is 6.90. The quantitative estimate of drug-likeness (QED) is 0.515. The number of anilines is 2. The van der Waals surface area contributed by atoms with Crippen LogP contribution in [0.2, 0.25) is 0 Å². The largest absolute Gasteiger partial charge is 0.457 e. The number of ether oxygens (including phenoxy) is 1. The molecule has 0 radical (unpaired) electrons. The van der Waals surface area contributed by atoms with Gasteiger partial charge in [0.1, 0.15) is 17.3 Å². The Labute approximate surface area is 194 Å². The van der Waals surface area contributed by atoms with Gasteiger partial charge in [-0.05, 0) is 48.6 Å². The molecule has 4 rings (SSSR count). The van der Waals surface area contributed by atoms with Crippen LogP contribution >= 0.6 is 0 Å². The Balaban J connectivity index is 1.42. The first kappa shape index (κ1) is 22.8. The van der Waals surface area contributed by atoms with Gasteiger partial charge in [0.25, 0.3) is 0 Å². The van der Waals surface area contributed by atoms with Crippen molar-refractivity contribution in [3.8, 4) is 22.6 Å². The van der Waals surface area contributed by atoms with Gasteiger partial charge in [-0.15, -0.1) is 0 Å². The monoisotopic (exact) mass is 465 g/mol. The van der Waals surface area contributed by atoms with Crippen molar-refractivity contribution in [2.75, 3.05) is 30.7 Å². The SMILES string of the molecule is C=CS(=O)(=O)N1CCC(CNc2nc(N)ncc2-c2ccc(Oc3ccccc3)cc2)CC1. The molecule has 1 aromatic heterocycles. The Morgan fingerprint density at radius 2 is 1.76 bits per heavy atom. The molecular weight excluding hydrogens is 438 g/mol. The second-order valence-corrected chi connectivity index (χ2v) is 9.74. The molecule has 0 saturated carbocycles. The number of benzene rings is 2. The first-order valence-electron chi connectivity index (χ1n) is 10.8. The first-order valence-corrected chi connectivity index (χ1v) is 12.3. The Bertz CT molecular complexity index is 1190. The van der Waals surface area contributed by atoms with Crippen molar-refractivity contribution in [1.82, 2.24) is 14.3 Å². The number of nitrogens with two attached hydrogens (primary N) is 1. The summed E-state index contributed by atoms with van der Waals surface area (Å²) >= 11 is 0. The van der Waals surface area contributed by atoms with Crippen LogP contribution in [0.3, 0.4) is 0 Å². The van der Waals surface area contributed by atoms with Crippen LogP contribution < -0.4 is 15.8 Å². The number of nitrogens with one attached hydrogen (secondary N) is 1. The summed E-state index contributed by atoms with van der Waals surface area (Å²) in [5, 5.41) is 4.41. The maximum atomic E-state index is 12.0. The molecule has 0 atom stereocenters. The molecular formula is C24H27N5O3S. The molecule has 3 N–H and O–H groups in total. The van der Waals surface area contributed by atoms with E-state index in [1.165, 1.54) is 4.31 Å². The maximum absolute atomic E-state index is 12.0. The predicted octanol–water partition coefficient (Wildman–Crippen LogP) is 4.12. The minimum atomic E-state index is -3.35. The molecule has 0 spiro atoms. The zero-order valence-electron chi connectivity index (χ0n) is 18.2. The predicted molar refractivity (Wildman–Crippen MR) is 130 cm³/mol. The molecule has 2 aromatic carbocycles. The van der Waals surface area contributed by atoms with Crippen molar-refractivity contribution in [3.63, 3.8) is 0 Å². The van der Waals surface area contributed by atoms with Crippen LogP contribution in [-0.2, 0) is 10.0 Å². The fourth-order valence-electron chi connectivity index (χ4n) is 3.78. The van der Waals surface area contributed by atoms with E-state index in [4.69, 9.17) is 10.5 Å². The van der Waals surface area contributed by atoms with E-state index in [0.29, 0.717) is 31.4 Å². The zero-order chi connectivity index (χ0) is 23.3. The summed E-state index contributed by atoms with van der Waals surface area (Å²) in [5.41, 5.74) is 7.61. The molecule has 0 amide bonds. The average Bonchev–Trinajstić information content (AvgIpc) is 2.84. The molecule has 0 aliphatic carbocycles. The highest BCUT2D eigenvalue weighted by atomic mass is 32.2. The van der Waals surface area contributed by atoms with Crippen molar-refractivity contribution in [2.45, 2.75) is 12.8 Å². The summed E-state index contributed by atoms with van der Waals surface area (Å²) in [7, 11) is -3.35. The number of rotatable bonds is 8. The molecule has 33 heavy (non-hydrogen) atoms. The summed E-state index contributed by atoms with van der Waals surface area (Å²) in [6.45, 7) is 5.04. The van der Waals surface area contributed by atoms with E-state index >= 15 is 0 Å². The number of hydrogen-bond donors (Lipinski definition) is 2. The lowest BCUT2D eigenvalue weighted by Crippen LogP contribution is -2.38. The Morgan fingerprint density at radius 3 is 2.42 bits per heavy atom. The van der Waals surface area contributed by atoms with Crippen LogP contribution in [0.4, 0.5) is 11.8 Å². The van der Waals surface area contributed by atoms with Gasteiger partial charge in [0.05, 0.1) is 0 Å². The lowest BCUT2D eigenvalue weighted by atomic mass is 9.98. The standard InChI is InChI=1S/C24H27N5O3S/c1-2-33(30,31)29-14-12-18(13-15-29)16-26-23-22(17-27-24(25)28-23)19-8-10-21(11-9-19)32-20-6-4-3-5-7-20/h2-11,17-18H,1,12-16H2,(H3,25,26,27,28). The molecule has 0 unspecified atom stereocenters. The van der Waals surface area contributed by atoms with Gasteiger partial charge in [-0.1, -0.05) is 36.9 Å².